The molecule has 1 heterocycles. The van der Waals surface area contributed by atoms with Crippen LogP contribution < -0.4 is 5.32 Å². The fourth-order valence-electron chi connectivity index (χ4n) is 3.44. The second-order valence-corrected chi connectivity index (χ2v) is 5.41. The van der Waals surface area contributed by atoms with Gasteiger partial charge in [0.15, 0.2) is 0 Å². The SMILES string of the molecule is CCCn1nccc1C(NC)C1(OCC)CCCC1. The van der Waals surface area contributed by atoms with Gasteiger partial charge in [-0.25, -0.2) is 0 Å². The summed E-state index contributed by atoms with van der Waals surface area (Å²) >= 11 is 0. The van der Waals surface area contributed by atoms with Crippen molar-refractivity contribution in [2.45, 2.75) is 64.1 Å². The summed E-state index contributed by atoms with van der Waals surface area (Å²) in [4.78, 5) is 0. The highest BCUT2D eigenvalue weighted by Crippen LogP contribution is 2.42. The van der Waals surface area contributed by atoms with Gasteiger partial charge in [-0.15, -0.1) is 0 Å². The van der Waals surface area contributed by atoms with Crippen LogP contribution in [0.25, 0.3) is 0 Å². The van der Waals surface area contributed by atoms with Crippen molar-refractivity contribution in [3.8, 4) is 0 Å². The van der Waals surface area contributed by atoms with Crippen LogP contribution in [0.3, 0.4) is 0 Å². The topological polar surface area (TPSA) is 39.1 Å². The molecule has 4 heteroatoms. The van der Waals surface area contributed by atoms with E-state index in [9.17, 15) is 0 Å². The molecule has 0 saturated heterocycles. The van der Waals surface area contributed by atoms with E-state index < -0.39 is 0 Å². The van der Waals surface area contributed by atoms with Crippen molar-refractivity contribution in [3.05, 3.63) is 18.0 Å². The Bertz CT molecular complexity index is 382. The van der Waals surface area contributed by atoms with Crippen molar-refractivity contribution < 1.29 is 4.74 Å². The van der Waals surface area contributed by atoms with Gasteiger partial charge in [-0.05, 0) is 39.3 Å². The van der Waals surface area contributed by atoms with Crippen LogP contribution >= 0.6 is 0 Å². The predicted octanol–water partition coefficient (Wildman–Crippen LogP) is 2.90. The van der Waals surface area contributed by atoms with Gasteiger partial charge < -0.3 is 10.1 Å². The third-order valence-corrected chi connectivity index (χ3v) is 4.18. The van der Waals surface area contributed by atoms with Crippen LogP contribution in [0.1, 0.15) is 57.7 Å². The van der Waals surface area contributed by atoms with Crippen LogP contribution in [0.2, 0.25) is 0 Å². The van der Waals surface area contributed by atoms with Crippen LogP contribution in [0.15, 0.2) is 12.3 Å². The normalized spacial score (nSPS) is 19.7. The molecule has 4 nitrogen and oxygen atoms in total. The maximum atomic E-state index is 6.20. The molecule has 0 aromatic carbocycles. The Labute approximate surface area is 116 Å². The molecule has 0 bridgehead atoms. The molecule has 2 rings (SSSR count). The molecule has 0 spiro atoms. The number of hydrogen-bond acceptors (Lipinski definition) is 3. The van der Waals surface area contributed by atoms with Gasteiger partial charge in [-0.3, -0.25) is 4.68 Å². The fourth-order valence-corrected chi connectivity index (χ4v) is 3.44. The number of rotatable bonds is 7. The van der Waals surface area contributed by atoms with E-state index in [4.69, 9.17) is 4.74 Å². The van der Waals surface area contributed by atoms with E-state index in [1.54, 1.807) is 0 Å². The summed E-state index contributed by atoms with van der Waals surface area (Å²) in [6.45, 7) is 6.03. The number of ether oxygens (including phenoxy) is 1. The highest BCUT2D eigenvalue weighted by molar-refractivity contribution is 5.15. The highest BCUT2D eigenvalue weighted by atomic mass is 16.5. The predicted molar refractivity (Wildman–Crippen MR) is 77.1 cm³/mol. The summed E-state index contributed by atoms with van der Waals surface area (Å²) in [5, 5.41) is 7.94. The number of likely N-dealkylation sites (N-methyl/N-ethyl adjacent to an activating group) is 1. The van der Waals surface area contributed by atoms with Crippen molar-refractivity contribution in [1.29, 1.82) is 0 Å². The Kier molecular flexibility index (Phi) is 4.99. The maximum Gasteiger partial charge on any atom is 0.0891 e. The molecule has 0 aliphatic heterocycles. The minimum atomic E-state index is -0.0466. The third-order valence-electron chi connectivity index (χ3n) is 4.18. The van der Waals surface area contributed by atoms with Gasteiger partial charge in [-0.1, -0.05) is 19.8 Å². The second kappa shape index (κ2) is 6.53. The van der Waals surface area contributed by atoms with E-state index in [2.05, 4.69) is 35.0 Å². The number of aryl methyl sites for hydroxylation is 1. The standard InChI is InChI=1S/C15H27N3O/c1-4-12-18-13(8-11-17-18)14(16-3)15(19-5-2)9-6-7-10-15/h8,11,14,16H,4-7,9-10,12H2,1-3H3. The van der Waals surface area contributed by atoms with Crippen LogP contribution in [-0.2, 0) is 11.3 Å². The summed E-state index contributed by atoms with van der Waals surface area (Å²) in [6, 6.07) is 2.37. The maximum absolute atomic E-state index is 6.20. The molecular formula is C15H27N3O. The molecule has 0 radical (unpaired) electrons. The summed E-state index contributed by atoms with van der Waals surface area (Å²) in [5.41, 5.74) is 1.22. The molecule has 1 fully saturated rings. The van der Waals surface area contributed by atoms with Gasteiger partial charge >= 0.3 is 0 Å². The minimum Gasteiger partial charge on any atom is -0.373 e. The number of aromatic nitrogens is 2. The molecule has 1 unspecified atom stereocenters. The number of nitrogens with zero attached hydrogens (tertiary/aromatic N) is 2. The van der Waals surface area contributed by atoms with Gasteiger partial charge in [0.25, 0.3) is 0 Å². The lowest BCUT2D eigenvalue weighted by atomic mass is 9.89. The van der Waals surface area contributed by atoms with Crippen molar-refractivity contribution >= 4 is 0 Å². The molecule has 19 heavy (non-hydrogen) atoms. The van der Waals surface area contributed by atoms with E-state index in [1.807, 2.05) is 13.2 Å². The molecule has 1 N–H and O–H groups in total. The average Bonchev–Trinajstić information content (AvgIpc) is 3.03. The summed E-state index contributed by atoms with van der Waals surface area (Å²) < 4.78 is 8.32. The first-order valence-electron chi connectivity index (χ1n) is 7.60. The summed E-state index contributed by atoms with van der Waals surface area (Å²) in [6.07, 6.45) is 7.82. The van der Waals surface area contributed by atoms with Crippen LogP contribution in [0.4, 0.5) is 0 Å². The van der Waals surface area contributed by atoms with Crippen LogP contribution in [0, 0.1) is 0 Å². The van der Waals surface area contributed by atoms with Gasteiger partial charge in [-0.2, -0.15) is 5.10 Å². The van der Waals surface area contributed by atoms with Gasteiger partial charge in [0, 0.05) is 19.3 Å². The zero-order valence-electron chi connectivity index (χ0n) is 12.5. The quantitative estimate of drug-likeness (QED) is 0.824. The first-order valence-corrected chi connectivity index (χ1v) is 7.60. The zero-order valence-corrected chi connectivity index (χ0v) is 12.5. The zero-order chi connectivity index (χ0) is 13.7. The molecule has 1 atom stereocenters. The smallest absolute Gasteiger partial charge is 0.0891 e. The average molecular weight is 265 g/mol. The molecule has 1 aliphatic rings. The lowest BCUT2D eigenvalue weighted by Crippen LogP contribution is -2.44. The monoisotopic (exact) mass is 265 g/mol. The summed E-state index contributed by atoms with van der Waals surface area (Å²) in [7, 11) is 2.03. The third kappa shape index (κ3) is 2.84. The van der Waals surface area contributed by atoms with Crippen molar-refractivity contribution in [3.63, 3.8) is 0 Å². The number of nitrogens with one attached hydrogen (secondary N) is 1. The molecular weight excluding hydrogens is 238 g/mol. The van der Waals surface area contributed by atoms with E-state index in [0.29, 0.717) is 0 Å². The highest BCUT2D eigenvalue weighted by Gasteiger charge is 2.43. The van der Waals surface area contributed by atoms with Crippen LogP contribution in [-0.4, -0.2) is 29.0 Å². The van der Waals surface area contributed by atoms with Gasteiger partial charge in [0.05, 0.1) is 17.3 Å². The van der Waals surface area contributed by atoms with Crippen molar-refractivity contribution in [1.82, 2.24) is 15.1 Å². The second-order valence-electron chi connectivity index (χ2n) is 5.41. The Balaban J connectivity index is 2.28. The van der Waals surface area contributed by atoms with Crippen molar-refractivity contribution in [2.75, 3.05) is 13.7 Å². The van der Waals surface area contributed by atoms with Gasteiger partial charge in [0.2, 0.25) is 0 Å². The Morgan fingerprint density at radius 2 is 2.16 bits per heavy atom. The molecule has 1 aromatic rings. The van der Waals surface area contributed by atoms with Crippen LogP contribution in [0.5, 0.6) is 0 Å². The van der Waals surface area contributed by atoms with E-state index in [1.165, 1.54) is 18.5 Å². The summed E-state index contributed by atoms with van der Waals surface area (Å²) in [5.74, 6) is 0. The Morgan fingerprint density at radius 1 is 1.42 bits per heavy atom. The first-order chi connectivity index (χ1) is 9.27. The Hall–Kier alpha value is -0.870. The molecule has 1 saturated carbocycles. The van der Waals surface area contributed by atoms with Gasteiger partial charge in [0.1, 0.15) is 0 Å². The lowest BCUT2D eigenvalue weighted by Gasteiger charge is -2.37. The minimum absolute atomic E-state index is 0.0466. The Morgan fingerprint density at radius 3 is 2.74 bits per heavy atom. The fraction of sp³-hybridized carbons (Fsp3) is 0.800. The van der Waals surface area contributed by atoms with E-state index in [0.717, 1.165) is 32.4 Å². The largest absolute Gasteiger partial charge is 0.373 e. The molecule has 1 aromatic heterocycles. The van der Waals surface area contributed by atoms with E-state index >= 15 is 0 Å². The molecule has 1 aliphatic carbocycles. The van der Waals surface area contributed by atoms with E-state index in [-0.39, 0.29) is 11.6 Å². The molecule has 0 amide bonds. The first kappa shape index (κ1) is 14.5. The lowest BCUT2D eigenvalue weighted by molar-refractivity contribution is -0.0629. The number of hydrogen-bond donors (Lipinski definition) is 1. The molecule has 108 valence electrons. The van der Waals surface area contributed by atoms with Crippen molar-refractivity contribution in [2.24, 2.45) is 0 Å².